The van der Waals surface area contributed by atoms with Gasteiger partial charge in [0, 0.05) is 12.5 Å². The number of carbonyl (C=O) groups excluding carboxylic acids is 1. The van der Waals surface area contributed by atoms with Crippen molar-refractivity contribution in [3.63, 3.8) is 0 Å². The molecule has 0 bridgehead atoms. The highest BCUT2D eigenvalue weighted by Gasteiger charge is 2.27. The Labute approximate surface area is 161 Å². The van der Waals surface area contributed by atoms with E-state index in [0.29, 0.717) is 17.2 Å². The molecule has 27 heavy (non-hydrogen) atoms. The zero-order chi connectivity index (χ0) is 20.0. The van der Waals surface area contributed by atoms with Crippen molar-refractivity contribution in [3.8, 4) is 0 Å². The summed E-state index contributed by atoms with van der Waals surface area (Å²) in [4.78, 5) is 16.5. The summed E-state index contributed by atoms with van der Waals surface area (Å²) in [5.74, 6) is 0.233. The number of aromatic nitrogens is 4. The smallest absolute Gasteiger partial charge is 0.343 e. The van der Waals surface area contributed by atoms with Gasteiger partial charge in [0.25, 0.3) is 0 Å². The first-order valence-electron chi connectivity index (χ1n) is 8.11. The number of ether oxygens (including phenoxy) is 1. The van der Waals surface area contributed by atoms with Gasteiger partial charge in [-0.25, -0.2) is 14.4 Å². The molecule has 0 aliphatic heterocycles. The monoisotopic (exact) mass is 397 g/mol. The van der Waals surface area contributed by atoms with Crippen LogP contribution in [0.4, 0.5) is 17.3 Å². The number of nitrogens with one attached hydrogen (secondary N) is 2. The van der Waals surface area contributed by atoms with Crippen LogP contribution in [-0.2, 0) is 26.4 Å². The summed E-state index contributed by atoms with van der Waals surface area (Å²) < 4.78 is 14.4. The maximum absolute atomic E-state index is 12.0. The molecule has 0 aliphatic carbocycles. The first-order valence-corrected chi connectivity index (χ1v) is 8.85. The lowest BCUT2D eigenvalue weighted by atomic mass is 9.91. The molecule has 2 aromatic rings. The lowest BCUT2D eigenvalue weighted by Crippen LogP contribution is -2.12. The molecule has 11 nitrogen and oxygen atoms in total. The third kappa shape index (κ3) is 5.05. The van der Waals surface area contributed by atoms with E-state index < -0.39 is 5.97 Å². The molecule has 0 saturated heterocycles. The fourth-order valence-electron chi connectivity index (χ4n) is 2.13. The Kier molecular flexibility index (Phi) is 6.93. The number of hydrogen-bond donors (Lipinski definition) is 2. The molecule has 0 atom stereocenters. The second kappa shape index (κ2) is 8.97. The van der Waals surface area contributed by atoms with E-state index in [1.165, 1.54) is 13.3 Å². The van der Waals surface area contributed by atoms with E-state index in [2.05, 4.69) is 35.1 Å². The van der Waals surface area contributed by atoms with Gasteiger partial charge in [0.15, 0.2) is 17.3 Å². The lowest BCUT2D eigenvalue weighted by molar-refractivity contribution is -0.159. The number of esters is 1. The molecule has 0 aliphatic rings. The molecule has 2 rings (SSSR count). The number of rotatable bonds is 8. The van der Waals surface area contributed by atoms with Crippen LogP contribution >= 0.6 is 12.2 Å². The molecule has 2 heterocycles. The minimum atomic E-state index is -0.523. The summed E-state index contributed by atoms with van der Waals surface area (Å²) in [6, 6.07) is 0. The molecule has 2 N–H and O–H groups in total. The molecule has 0 amide bonds. The average molecular weight is 397 g/mol. The minimum absolute atomic E-state index is 0.198. The van der Waals surface area contributed by atoms with Crippen LogP contribution in [0, 0.1) is 0 Å². The standard InChI is InChI=1S/C15H23N7O4S/c1-7-25-14(23)9-8-16-18-12(9)19-17-10-11(15(2,3)4)20-22(5)13(10)21-27-26-24-6/h8,21H,7H2,1-6H3,(H,16,18). The van der Waals surface area contributed by atoms with Crippen molar-refractivity contribution in [2.45, 2.75) is 33.1 Å². The van der Waals surface area contributed by atoms with Gasteiger partial charge in [0.2, 0.25) is 0 Å². The Morgan fingerprint density at radius 3 is 2.78 bits per heavy atom. The van der Waals surface area contributed by atoms with Crippen molar-refractivity contribution in [1.29, 1.82) is 0 Å². The van der Waals surface area contributed by atoms with E-state index in [1.807, 2.05) is 20.8 Å². The van der Waals surface area contributed by atoms with Crippen LogP contribution in [0.1, 0.15) is 43.7 Å². The molecule has 0 aromatic carbocycles. The molecule has 12 heteroatoms. The average Bonchev–Trinajstić information content (AvgIpc) is 3.18. The number of hydrogen-bond acceptors (Lipinski definition) is 10. The largest absolute Gasteiger partial charge is 0.462 e. The molecule has 148 valence electrons. The van der Waals surface area contributed by atoms with E-state index in [9.17, 15) is 4.79 Å². The third-order valence-electron chi connectivity index (χ3n) is 3.34. The fourth-order valence-corrected chi connectivity index (χ4v) is 2.54. The predicted molar refractivity (Wildman–Crippen MR) is 99.9 cm³/mol. The van der Waals surface area contributed by atoms with Crippen LogP contribution in [0.15, 0.2) is 16.4 Å². The number of azo groups is 1. The highest BCUT2D eigenvalue weighted by molar-refractivity contribution is 7.95. The van der Waals surface area contributed by atoms with Crippen molar-refractivity contribution >= 4 is 35.5 Å². The number of nitrogens with zero attached hydrogens (tertiary/aromatic N) is 5. The summed E-state index contributed by atoms with van der Waals surface area (Å²) in [5, 5.41) is 19.5. The van der Waals surface area contributed by atoms with Gasteiger partial charge in [-0.1, -0.05) is 20.8 Å². The van der Waals surface area contributed by atoms with Gasteiger partial charge in [-0.05, 0) is 6.92 Å². The number of carbonyl (C=O) groups is 1. The molecule has 0 saturated carbocycles. The zero-order valence-electron chi connectivity index (χ0n) is 16.1. The summed E-state index contributed by atoms with van der Waals surface area (Å²) in [6.45, 7) is 8.01. The van der Waals surface area contributed by atoms with Gasteiger partial charge in [-0.3, -0.25) is 9.82 Å². The van der Waals surface area contributed by atoms with E-state index >= 15 is 0 Å². The van der Waals surface area contributed by atoms with E-state index in [1.54, 1.807) is 18.7 Å². The maximum atomic E-state index is 12.0. The van der Waals surface area contributed by atoms with E-state index in [0.717, 1.165) is 12.2 Å². The first-order chi connectivity index (χ1) is 12.8. The lowest BCUT2D eigenvalue weighted by Gasteiger charge is -2.15. The van der Waals surface area contributed by atoms with Crippen molar-refractivity contribution < 1.29 is 18.8 Å². The quantitative estimate of drug-likeness (QED) is 0.132. The van der Waals surface area contributed by atoms with Gasteiger partial charge in [0.1, 0.15) is 17.8 Å². The summed E-state index contributed by atoms with van der Waals surface area (Å²) >= 11 is 0.868. The topological polar surface area (TPSA) is 128 Å². The van der Waals surface area contributed by atoms with E-state index in [4.69, 9.17) is 9.07 Å². The molecule has 0 radical (unpaired) electrons. The Morgan fingerprint density at radius 1 is 1.41 bits per heavy atom. The van der Waals surface area contributed by atoms with Crippen molar-refractivity contribution in [1.82, 2.24) is 20.0 Å². The zero-order valence-corrected chi connectivity index (χ0v) is 16.9. The normalized spacial score (nSPS) is 11.9. The van der Waals surface area contributed by atoms with Gasteiger partial charge in [-0.15, -0.1) is 14.6 Å². The van der Waals surface area contributed by atoms with Crippen LogP contribution in [0.3, 0.4) is 0 Å². The molecular weight excluding hydrogens is 374 g/mol. The van der Waals surface area contributed by atoms with Crippen molar-refractivity contribution in [3.05, 3.63) is 17.5 Å². The first kappa shape index (κ1) is 20.9. The van der Waals surface area contributed by atoms with Crippen LogP contribution in [0.25, 0.3) is 0 Å². The molecule has 0 fully saturated rings. The van der Waals surface area contributed by atoms with Gasteiger partial charge in [0.05, 0.1) is 25.6 Å². The highest BCUT2D eigenvalue weighted by atomic mass is 32.2. The van der Waals surface area contributed by atoms with Crippen molar-refractivity contribution in [2.75, 3.05) is 18.4 Å². The Hall–Kier alpha value is -2.44. The molecule has 0 unspecified atom stereocenters. The van der Waals surface area contributed by atoms with Crippen LogP contribution in [0.2, 0.25) is 0 Å². The minimum Gasteiger partial charge on any atom is -0.462 e. The summed E-state index contributed by atoms with van der Waals surface area (Å²) in [5.41, 5.74) is 1.12. The van der Waals surface area contributed by atoms with Crippen molar-refractivity contribution in [2.24, 2.45) is 17.3 Å². The number of aromatic amines is 1. The number of anilines is 1. The van der Waals surface area contributed by atoms with E-state index in [-0.39, 0.29) is 23.4 Å². The second-order valence-electron chi connectivity index (χ2n) is 6.39. The fraction of sp³-hybridized carbons (Fsp3) is 0.533. The number of H-pyrrole nitrogens is 1. The predicted octanol–water partition coefficient (Wildman–Crippen LogP) is 3.59. The summed E-state index contributed by atoms with van der Waals surface area (Å²) in [6.07, 6.45) is 1.35. The van der Waals surface area contributed by atoms with Gasteiger partial charge >= 0.3 is 5.97 Å². The Morgan fingerprint density at radius 2 is 2.15 bits per heavy atom. The third-order valence-corrected chi connectivity index (χ3v) is 3.82. The molecular formula is C15H23N7O4S. The molecule has 2 aromatic heterocycles. The maximum Gasteiger partial charge on any atom is 0.343 e. The number of aryl methyl sites for hydroxylation is 1. The highest BCUT2D eigenvalue weighted by Crippen LogP contribution is 2.38. The Bertz CT molecular complexity index is 810. The van der Waals surface area contributed by atoms with Gasteiger partial charge in [-0.2, -0.15) is 10.2 Å². The second-order valence-corrected chi connectivity index (χ2v) is 6.90. The molecule has 0 spiro atoms. The Balaban J connectivity index is 2.40. The summed E-state index contributed by atoms with van der Waals surface area (Å²) in [7, 11) is 3.17. The van der Waals surface area contributed by atoms with Gasteiger partial charge < -0.3 is 4.74 Å². The van der Waals surface area contributed by atoms with Crippen LogP contribution < -0.4 is 4.72 Å². The van der Waals surface area contributed by atoms with Crippen LogP contribution in [-0.4, -0.2) is 39.7 Å². The SMILES string of the molecule is CCOC(=O)c1cn[nH]c1N=Nc1c(C(C)(C)C)nn(C)c1NSOOC. The van der Waals surface area contributed by atoms with Crippen LogP contribution in [0.5, 0.6) is 0 Å².